The lowest BCUT2D eigenvalue weighted by Crippen LogP contribution is -2.42. The fourth-order valence-electron chi connectivity index (χ4n) is 2.05. The van der Waals surface area contributed by atoms with Gasteiger partial charge in [-0.25, -0.2) is 0 Å². The molecule has 4 nitrogen and oxygen atoms in total. The molecule has 0 radical (unpaired) electrons. The molecule has 16 heavy (non-hydrogen) atoms. The van der Waals surface area contributed by atoms with E-state index >= 15 is 0 Å². The molecule has 2 aliphatic heterocycles. The van der Waals surface area contributed by atoms with Crippen LogP contribution in [0.15, 0.2) is 16.6 Å². The molecule has 5 heteroatoms. The summed E-state index contributed by atoms with van der Waals surface area (Å²) in [6, 6.07) is 0. The lowest BCUT2D eigenvalue weighted by atomic mass is 9.95. The normalized spacial score (nSPS) is 29.3. The van der Waals surface area contributed by atoms with Crippen LogP contribution in [0.2, 0.25) is 0 Å². The molecule has 2 heterocycles. The number of amides is 1. The second-order valence-electron chi connectivity index (χ2n) is 4.22. The number of aliphatic hydroxyl groups is 1. The molecule has 1 N–H and O–H groups in total. The van der Waals surface area contributed by atoms with Gasteiger partial charge in [0.05, 0.1) is 0 Å². The van der Waals surface area contributed by atoms with Gasteiger partial charge >= 0.3 is 0 Å². The first-order valence-electron chi connectivity index (χ1n) is 5.42. The third-order valence-electron chi connectivity index (χ3n) is 3.02. The maximum atomic E-state index is 11.4. The molecule has 88 valence electrons. The zero-order valence-corrected chi connectivity index (χ0v) is 11.3. The number of fused-ring (bicyclic) bond motifs is 1. The Bertz CT molecular complexity index is 365. The van der Waals surface area contributed by atoms with Crippen molar-refractivity contribution in [1.29, 1.82) is 0 Å². The second kappa shape index (κ2) is 4.83. The minimum atomic E-state index is -0.399. The Balaban J connectivity index is 2.13. The summed E-state index contributed by atoms with van der Waals surface area (Å²) in [5, 5.41) is 8.84. The predicted octanol–water partition coefficient (Wildman–Crippen LogP) is 0.989. The van der Waals surface area contributed by atoms with Crippen LogP contribution in [-0.4, -0.2) is 45.4 Å². The number of halogens is 1. The van der Waals surface area contributed by atoms with Crippen molar-refractivity contribution >= 4 is 34.2 Å². The van der Waals surface area contributed by atoms with E-state index in [9.17, 15) is 4.79 Å². The van der Waals surface area contributed by atoms with Crippen LogP contribution < -0.4 is 0 Å². The van der Waals surface area contributed by atoms with Crippen LogP contribution in [0.4, 0.5) is 0 Å². The average Bonchev–Trinajstić information content (AvgIpc) is 2.29. The molecular weight excluding hydrogens is 319 g/mol. The maximum absolute atomic E-state index is 11.4. The van der Waals surface area contributed by atoms with Crippen LogP contribution in [0.25, 0.3) is 0 Å². The third kappa shape index (κ3) is 2.29. The van der Waals surface area contributed by atoms with Crippen LogP contribution in [-0.2, 0) is 4.79 Å². The highest BCUT2D eigenvalue weighted by Gasteiger charge is 2.27. The van der Waals surface area contributed by atoms with Gasteiger partial charge in [0.25, 0.3) is 0 Å². The Hall–Kier alpha value is -0.430. The van der Waals surface area contributed by atoms with Crippen molar-refractivity contribution in [1.82, 2.24) is 4.90 Å². The van der Waals surface area contributed by atoms with Gasteiger partial charge in [0.1, 0.15) is 10.7 Å². The molecule has 0 aromatic rings. The summed E-state index contributed by atoms with van der Waals surface area (Å²) >= 11 is 2.35. The summed E-state index contributed by atoms with van der Waals surface area (Å²) in [6.07, 6.45) is 3.01. The number of hydrogen-bond acceptors (Lipinski definition) is 3. The highest BCUT2D eigenvalue weighted by molar-refractivity contribution is 14.1. The number of aliphatic imine (C=N–C) groups is 1. The summed E-state index contributed by atoms with van der Waals surface area (Å²) in [5.74, 6) is 0.229. The molecule has 2 rings (SSSR count). The number of carbonyl (C=O) groups is 1. The Morgan fingerprint density at radius 3 is 3.19 bits per heavy atom. The Morgan fingerprint density at radius 1 is 1.75 bits per heavy atom. The molecule has 1 fully saturated rings. The molecule has 0 spiro atoms. The predicted molar refractivity (Wildman–Crippen MR) is 70.8 cm³/mol. The smallest absolute Gasteiger partial charge is 0.248 e. The van der Waals surface area contributed by atoms with Gasteiger partial charge in [0.2, 0.25) is 5.91 Å². The number of dihydropyridines is 1. The van der Waals surface area contributed by atoms with Crippen molar-refractivity contribution in [3.63, 3.8) is 0 Å². The minimum absolute atomic E-state index is 0.191. The van der Waals surface area contributed by atoms with Crippen LogP contribution in [0.1, 0.15) is 13.3 Å². The molecule has 0 bridgehead atoms. The molecule has 2 aliphatic rings. The van der Waals surface area contributed by atoms with E-state index in [4.69, 9.17) is 5.11 Å². The van der Waals surface area contributed by atoms with Crippen molar-refractivity contribution in [3.8, 4) is 0 Å². The molecule has 0 saturated carbocycles. The van der Waals surface area contributed by atoms with Gasteiger partial charge in [-0.1, -0.05) is 35.6 Å². The molecular formula is C11H15IN2O2. The number of aliphatic hydroxyl groups excluding tert-OH is 1. The van der Waals surface area contributed by atoms with E-state index in [-0.39, 0.29) is 5.91 Å². The Kier molecular flexibility index (Phi) is 3.63. The number of likely N-dealkylation sites (tertiary alicyclic amines) is 1. The highest BCUT2D eigenvalue weighted by atomic mass is 127. The summed E-state index contributed by atoms with van der Waals surface area (Å²) < 4.78 is 0.316. The van der Waals surface area contributed by atoms with E-state index in [0.29, 0.717) is 23.1 Å². The quantitative estimate of drug-likeness (QED) is 0.442. The fraction of sp³-hybridized carbons (Fsp3) is 0.636. The molecule has 1 amide bonds. The number of carbonyl (C=O) groups excluding carboxylic acids is 1. The number of piperidine rings is 1. The van der Waals surface area contributed by atoms with E-state index < -0.39 is 6.61 Å². The summed E-state index contributed by atoms with van der Waals surface area (Å²) in [5.41, 5.74) is 2.30. The topological polar surface area (TPSA) is 52.9 Å². The summed E-state index contributed by atoms with van der Waals surface area (Å²) in [7, 11) is 0. The van der Waals surface area contributed by atoms with E-state index in [2.05, 4.69) is 40.6 Å². The maximum Gasteiger partial charge on any atom is 0.248 e. The molecule has 0 aliphatic carbocycles. The summed E-state index contributed by atoms with van der Waals surface area (Å²) in [6.45, 7) is 3.01. The van der Waals surface area contributed by atoms with Gasteiger partial charge in [0, 0.05) is 31.1 Å². The highest BCUT2D eigenvalue weighted by Crippen LogP contribution is 2.27. The third-order valence-corrected chi connectivity index (χ3v) is 4.43. The molecule has 0 aromatic heterocycles. The lowest BCUT2D eigenvalue weighted by molar-refractivity contribution is -0.133. The molecule has 2 unspecified atom stereocenters. The number of alkyl halides is 1. The van der Waals surface area contributed by atoms with Gasteiger partial charge in [-0.3, -0.25) is 9.79 Å². The molecule has 1 saturated heterocycles. The van der Waals surface area contributed by atoms with Crippen LogP contribution in [0.3, 0.4) is 0 Å². The van der Waals surface area contributed by atoms with E-state index in [1.807, 2.05) is 0 Å². The van der Waals surface area contributed by atoms with Crippen LogP contribution >= 0.6 is 22.6 Å². The van der Waals surface area contributed by atoms with Crippen molar-refractivity contribution in [2.75, 3.05) is 19.7 Å². The standard InChI is InChI=1S/C11H15IN2O2/c1-7-4-8-5-14(10(16)6-15)3-2-9(8)13-11(7)12/h4,7,11,15H,2-3,5-6H2,1H3. The zero-order valence-electron chi connectivity index (χ0n) is 9.19. The lowest BCUT2D eigenvalue weighted by Gasteiger charge is -2.33. The van der Waals surface area contributed by atoms with E-state index in [1.54, 1.807) is 4.90 Å². The Labute approximate surface area is 109 Å². The zero-order chi connectivity index (χ0) is 11.7. The second-order valence-corrected chi connectivity index (χ2v) is 5.50. The van der Waals surface area contributed by atoms with Crippen molar-refractivity contribution in [2.24, 2.45) is 10.9 Å². The monoisotopic (exact) mass is 334 g/mol. The number of rotatable bonds is 1. The van der Waals surface area contributed by atoms with Crippen molar-refractivity contribution < 1.29 is 9.90 Å². The molecule has 0 aromatic carbocycles. The average molecular weight is 334 g/mol. The van der Waals surface area contributed by atoms with Crippen LogP contribution in [0.5, 0.6) is 0 Å². The van der Waals surface area contributed by atoms with E-state index in [0.717, 1.165) is 17.7 Å². The van der Waals surface area contributed by atoms with Gasteiger partial charge in [-0.15, -0.1) is 0 Å². The van der Waals surface area contributed by atoms with Gasteiger partial charge in [-0.2, -0.15) is 0 Å². The fourth-order valence-corrected chi connectivity index (χ4v) is 2.59. The van der Waals surface area contributed by atoms with Crippen LogP contribution in [0, 0.1) is 5.92 Å². The van der Waals surface area contributed by atoms with Crippen molar-refractivity contribution in [2.45, 2.75) is 17.4 Å². The van der Waals surface area contributed by atoms with Crippen molar-refractivity contribution in [3.05, 3.63) is 11.6 Å². The van der Waals surface area contributed by atoms with Gasteiger partial charge in [0.15, 0.2) is 0 Å². The van der Waals surface area contributed by atoms with Gasteiger partial charge in [-0.05, 0) is 5.57 Å². The molecule has 2 atom stereocenters. The number of nitrogens with zero attached hydrogens (tertiary/aromatic N) is 2. The minimum Gasteiger partial charge on any atom is -0.387 e. The van der Waals surface area contributed by atoms with E-state index in [1.165, 1.54) is 0 Å². The first-order chi connectivity index (χ1) is 7.61. The largest absolute Gasteiger partial charge is 0.387 e. The van der Waals surface area contributed by atoms with Gasteiger partial charge < -0.3 is 10.0 Å². The first kappa shape index (κ1) is 12.0. The SMILES string of the molecule is CC1C=C2CN(C(=O)CO)CCC2=NC1I. The number of hydrogen-bond donors (Lipinski definition) is 1. The summed E-state index contributed by atoms with van der Waals surface area (Å²) in [4.78, 5) is 17.7. The first-order valence-corrected chi connectivity index (χ1v) is 6.67. The Morgan fingerprint density at radius 2 is 2.50 bits per heavy atom.